The zero-order chi connectivity index (χ0) is 16.6. The van der Waals surface area contributed by atoms with Gasteiger partial charge in [-0.3, -0.25) is 9.78 Å². The molecule has 3 aromatic rings. The summed E-state index contributed by atoms with van der Waals surface area (Å²) in [5.74, 6) is 6.28. The van der Waals surface area contributed by atoms with Gasteiger partial charge in [0.2, 0.25) is 0 Å². The van der Waals surface area contributed by atoms with Gasteiger partial charge in [-0.1, -0.05) is 48.2 Å². The van der Waals surface area contributed by atoms with E-state index in [0.29, 0.717) is 11.3 Å². The Morgan fingerprint density at radius 1 is 1.04 bits per heavy atom. The summed E-state index contributed by atoms with van der Waals surface area (Å²) in [4.78, 5) is 16.2. The van der Waals surface area contributed by atoms with Gasteiger partial charge >= 0.3 is 0 Å². The zero-order valence-corrected chi connectivity index (χ0v) is 13.0. The summed E-state index contributed by atoms with van der Waals surface area (Å²) in [5.41, 5.74) is 0.654. The summed E-state index contributed by atoms with van der Waals surface area (Å²) >= 11 is 0. The van der Waals surface area contributed by atoms with Crippen LogP contribution in [0, 0.1) is 11.8 Å². The van der Waals surface area contributed by atoms with Crippen LogP contribution in [0.3, 0.4) is 0 Å². The van der Waals surface area contributed by atoms with E-state index in [1.54, 1.807) is 18.5 Å². The molecule has 0 saturated heterocycles. The third-order valence-corrected chi connectivity index (χ3v) is 3.44. The highest BCUT2D eigenvalue weighted by molar-refractivity contribution is 6.07. The van der Waals surface area contributed by atoms with Gasteiger partial charge in [0.15, 0.2) is 0 Å². The van der Waals surface area contributed by atoms with Crippen molar-refractivity contribution in [1.29, 1.82) is 0 Å². The molecular formula is C20H16N2O2. The summed E-state index contributed by atoms with van der Waals surface area (Å²) in [5, 5.41) is 4.79. The van der Waals surface area contributed by atoms with Crippen LogP contribution in [0.15, 0.2) is 67.0 Å². The normalized spacial score (nSPS) is 9.83. The Balaban J connectivity index is 1.53. The fraction of sp³-hybridized carbons (Fsp3) is 0.100. The lowest BCUT2D eigenvalue weighted by Gasteiger charge is -2.05. The van der Waals surface area contributed by atoms with Crippen molar-refractivity contribution in [2.24, 2.45) is 0 Å². The predicted molar refractivity (Wildman–Crippen MR) is 93.8 cm³/mol. The molecule has 0 bridgehead atoms. The first-order chi connectivity index (χ1) is 11.8. The summed E-state index contributed by atoms with van der Waals surface area (Å²) in [7, 11) is 0. The maximum Gasteiger partial charge on any atom is 0.252 e. The number of nitrogens with zero attached hydrogens (tertiary/aromatic N) is 1. The first kappa shape index (κ1) is 15.6. The van der Waals surface area contributed by atoms with E-state index < -0.39 is 0 Å². The van der Waals surface area contributed by atoms with Gasteiger partial charge in [0, 0.05) is 11.8 Å². The predicted octanol–water partition coefficient (Wildman–Crippen LogP) is 3.05. The van der Waals surface area contributed by atoms with Crippen molar-refractivity contribution < 1.29 is 9.53 Å². The molecule has 3 rings (SSSR count). The highest BCUT2D eigenvalue weighted by Gasteiger charge is 2.07. The second-order valence-electron chi connectivity index (χ2n) is 5.04. The molecule has 1 N–H and O–H groups in total. The van der Waals surface area contributed by atoms with Gasteiger partial charge in [-0.25, -0.2) is 0 Å². The number of carbonyl (C=O) groups is 1. The molecule has 0 fully saturated rings. The molecule has 0 aliphatic rings. The first-order valence-corrected chi connectivity index (χ1v) is 7.59. The third-order valence-electron chi connectivity index (χ3n) is 3.44. The number of benzene rings is 2. The second-order valence-corrected chi connectivity index (χ2v) is 5.04. The molecule has 0 aliphatic heterocycles. The van der Waals surface area contributed by atoms with Gasteiger partial charge in [0.05, 0.1) is 12.7 Å². The highest BCUT2D eigenvalue weighted by Crippen LogP contribution is 2.18. The van der Waals surface area contributed by atoms with Crippen LogP contribution in [-0.4, -0.2) is 24.0 Å². The van der Waals surface area contributed by atoms with Gasteiger partial charge in [-0.2, -0.15) is 0 Å². The van der Waals surface area contributed by atoms with Gasteiger partial charge in [0.1, 0.15) is 12.4 Å². The maximum atomic E-state index is 12.3. The van der Waals surface area contributed by atoms with Gasteiger partial charge in [-0.05, 0) is 29.0 Å². The lowest BCUT2D eigenvalue weighted by atomic mass is 10.0. The molecule has 4 heteroatoms. The van der Waals surface area contributed by atoms with Crippen molar-refractivity contribution in [1.82, 2.24) is 10.3 Å². The van der Waals surface area contributed by atoms with E-state index in [2.05, 4.69) is 22.1 Å². The van der Waals surface area contributed by atoms with E-state index in [1.165, 1.54) is 0 Å². The van der Waals surface area contributed by atoms with Crippen molar-refractivity contribution in [3.63, 3.8) is 0 Å². The number of hydrogen-bond acceptors (Lipinski definition) is 3. The Kier molecular flexibility index (Phi) is 5.06. The number of hydrogen-bond donors (Lipinski definition) is 1. The number of nitrogens with one attached hydrogen (secondary N) is 1. The largest absolute Gasteiger partial charge is 0.479 e. The number of carbonyl (C=O) groups excluding carboxylic acids is 1. The Hall–Kier alpha value is -3.32. The van der Waals surface area contributed by atoms with Crippen molar-refractivity contribution in [3.05, 3.63) is 72.6 Å². The Bertz CT molecular complexity index is 890. The molecule has 0 atom stereocenters. The summed E-state index contributed by atoms with van der Waals surface area (Å²) in [6, 6.07) is 17.1. The lowest BCUT2D eigenvalue weighted by Crippen LogP contribution is -2.23. The average Bonchev–Trinajstić information content (AvgIpc) is 2.64. The van der Waals surface area contributed by atoms with Crippen LogP contribution in [0.1, 0.15) is 10.4 Å². The van der Waals surface area contributed by atoms with E-state index in [0.717, 1.165) is 10.8 Å². The van der Waals surface area contributed by atoms with Crippen LogP contribution >= 0.6 is 0 Å². The standard InChI is InChI=1S/C20H16N2O2/c23-20(19-11-5-8-16-7-1-2-10-18(16)19)22-13-3-4-14-24-17-9-6-12-21-15-17/h1-2,5-12,15H,13-14H2,(H,22,23). The maximum absolute atomic E-state index is 12.3. The van der Waals surface area contributed by atoms with E-state index >= 15 is 0 Å². The molecule has 1 amide bonds. The van der Waals surface area contributed by atoms with Gasteiger partial charge in [0.25, 0.3) is 5.91 Å². The Morgan fingerprint density at radius 2 is 1.92 bits per heavy atom. The molecule has 24 heavy (non-hydrogen) atoms. The monoisotopic (exact) mass is 316 g/mol. The smallest absolute Gasteiger partial charge is 0.252 e. The van der Waals surface area contributed by atoms with Crippen molar-refractivity contribution in [2.75, 3.05) is 13.2 Å². The van der Waals surface area contributed by atoms with E-state index in [-0.39, 0.29) is 19.1 Å². The van der Waals surface area contributed by atoms with Gasteiger partial charge in [-0.15, -0.1) is 0 Å². The molecule has 0 saturated carbocycles. The number of ether oxygens (including phenoxy) is 1. The topological polar surface area (TPSA) is 51.2 Å². The minimum atomic E-state index is -0.130. The fourth-order valence-corrected chi connectivity index (χ4v) is 2.31. The molecule has 0 unspecified atom stereocenters. The van der Waals surface area contributed by atoms with E-state index in [4.69, 9.17) is 4.74 Å². The summed E-state index contributed by atoms with van der Waals surface area (Å²) in [6.45, 7) is 0.536. The Labute approximate surface area is 140 Å². The molecule has 0 spiro atoms. The first-order valence-electron chi connectivity index (χ1n) is 7.59. The number of aromatic nitrogens is 1. The average molecular weight is 316 g/mol. The van der Waals surface area contributed by atoms with Crippen LogP contribution in [0.2, 0.25) is 0 Å². The molecule has 1 heterocycles. The molecule has 4 nitrogen and oxygen atoms in total. The molecule has 0 radical (unpaired) electrons. The van der Waals surface area contributed by atoms with Crippen LogP contribution in [-0.2, 0) is 0 Å². The number of rotatable bonds is 4. The molecule has 0 aliphatic carbocycles. The lowest BCUT2D eigenvalue weighted by molar-refractivity contribution is 0.0960. The highest BCUT2D eigenvalue weighted by atomic mass is 16.5. The third kappa shape index (κ3) is 3.90. The zero-order valence-electron chi connectivity index (χ0n) is 13.0. The number of fused-ring (bicyclic) bond motifs is 1. The fourth-order valence-electron chi connectivity index (χ4n) is 2.31. The van der Waals surface area contributed by atoms with E-state index in [9.17, 15) is 4.79 Å². The summed E-state index contributed by atoms with van der Waals surface area (Å²) < 4.78 is 5.41. The van der Waals surface area contributed by atoms with Crippen LogP contribution < -0.4 is 10.1 Å². The number of pyridine rings is 1. The SMILES string of the molecule is O=C(NCC#CCOc1cccnc1)c1cccc2ccccc12. The van der Waals surface area contributed by atoms with Crippen LogP contribution in [0.4, 0.5) is 0 Å². The van der Waals surface area contributed by atoms with Gasteiger partial charge < -0.3 is 10.1 Å². The van der Waals surface area contributed by atoms with Crippen LogP contribution in [0.5, 0.6) is 5.75 Å². The van der Waals surface area contributed by atoms with Crippen molar-refractivity contribution in [2.45, 2.75) is 0 Å². The minimum Gasteiger partial charge on any atom is -0.479 e. The van der Waals surface area contributed by atoms with Crippen molar-refractivity contribution in [3.8, 4) is 17.6 Å². The molecule has 2 aromatic carbocycles. The Morgan fingerprint density at radius 3 is 2.79 bits per heavy atom. The molecule has 1 aromatic heterocycles. The van der Waals surface area contributed by atoms with E-state index in [1.807, 2.05) is 48.5 Å². The van der Waals surface area contributed by atoms with Crippen LogP contribution in [0.25, 0.3) is 10.8 Å². The second kappa shape index (κ2) is 7.80. The number of amides is 1. The minimum absolute atomic E-state index is 0.130. The molecular weight excluding hydrogens is 300 g/mol. The van der Waals surface area contributed by atoms with Crippen molar-refractivity contribution >= 4 is 16.7 Å². The molecule has 118 valence electrons. The summed E-state index contributed by atoms with van der Waals surface area (Å²) in [6.07, 6.45) is 3.31. The quantitative estimate of drug-likeness (QED) is 0.753.